The first-order valence-electron chi connectivity index (χ1n) is 9.31. The van der Waals surface area contributed by atoms with Crippen molar-refractivity contribution in [2.24, 2.45) is 5.41 Å². The molecule has 0 radical (unpaired) electrons. The van der Waals surface area contributed by atoms with Gasteiger partial charge in [0, 0.05) is 23.1 Å². The summed E-state index contributed by atoms with van der Waals surface area (Å²) in [6, 6.07) is 2.46. The minimum absolute atomic E-state index is 0.00224. The molecule has 0 saturated heterocycles. The number of ether oxygens (including phenoxy) is 1. The fourth-order valence-electron chi connectivity index (χ4n) is 3.81. The molecule has 1 atom stereocenters. The number of hydrogen-bond donors (Lipinski definition) is 2. The molecule has 2 N–H and O–H groups in total. The van der Waals surface area contributed by atoms with E-state index in [1.807, 2.05) is 6.92 Å². The summed E-state index contributed by atoms with van der Waals surface area (Å²) in [7, 11) is 0. The standard InChI is InChI=1S/C20H25F3N2O3/c1-18(2,3)25-17(27)28-15(19(4)6-5-7-19)11-8-12-13(10-24-16(12)26)14(9-11)20(21,22)23/h8-9,15H,5-7,10H2,1-4H3,(H,24,26)(H,25,27). The number of carbonyl (C=O) groups is 2. The second kappa shape index (κ2) is 6.67. The lowest BCUT2D eigenvalue weighted by molar-refractivity contribution is -0.138. The predicted molar refractivity (Wildman–Crippen MR) is 96.7 cm³/mol. The number of halogens is 3. The number of fused-ring (bicyclic) bond motifs is 1. The maximum Gasteiger partial charge on any atom is 0.416 e. The Kier molecular flexibility index (Phi) is 4.88. The van der Waals surface area contributed by atoms with Gasteiger partial charge >= 0.3 is 12.3 Å². The Morgan fingerprint density at radius 3 is 2.39 bits per heavy atom. The zero-order valence-electron chi connectivity index (χ0n) is 16.4. The van der Waals surface area contributed by atoms with Crippen LogP contribution in [0.25, 0.3) is 0 Å². The monoisotopic (exact) mass is 398 g/mol. The van der Waals surface area contributed by atoms with Crippen molar-refractivity contribution < 1.29 is 27.5 Å². The molecule has 5 nitrogen and oxygen atoms in total. The molecule has 1 aromatic rings. The number of rotatable bonds is 3. The lowest BCUT2D eigenvalue weighted by Gasteiger charge is -2.44. The van der Waals surface area contributed by atoms with Crippen LogP contribution in [0, 0.1) is 5.41 Å². The average Bonchev–Trinajstić information content (AvgIpc) is 2.88. The normalized spacial score (nSPS) is 19.3. The Bertz CT molecular complexity index is 808. The Morgan fingerprint density at radius 1 is 1.25 bits per heavy atom. The fraction of sp³-hybridized carbons (Fsp3) is 0.600. The van der Waals surface area contributed by atoms with E-state index in [1.165, 1.54) is 6.07 Å². The van der Waals surface area contributed by atoms with Crippen LogP contribution < -0.4 is 10.6 Å². The number of carbonyl (C=O) groups excluding carboxylic acids is 2. The van der Waals surface area contributed by atoms with Gasteiger partial charge in [0.05, 0.1) is 5.56 Å². The molecule has 2 amide bonds. The number of benzene rings is 1. The molecule has 28 heavy (non-hydrogen) atoms. The molecule has 0 spiro atoms. The third-order valence-electron chi connectivity index (χ3n) is 5.38. The molecule has 1 aromatic carbocycles. The van der Waals surface area contributed by atoms with Gasteiger partial charge in [0.25, 0.3) is 5.91 Å². The topological polar surface area (TPSA) is 67.4 Å². The summed E-state index contributed by atoms with van der Waals surface area (Å²) in [6.07, 6.45) is -3.80. The van der Waals surface area contributed by atoms with Gasteiger partial charge in [-0.05, 0) is 56.9 Å². The molecule has 3 rings (SSSR count). The van der Waals surface area contributed by atoms with Crippen LogP contribution in [0.15, 0.2) is 12.1 Å². The maximum atomic E-state index is 13.6. The van der Waals surface area contributed by atoms with Gasteiger partial charge in [-0.1, -0.05) is 13.3 Å². The molecule has 0 bridgehead atoms. The van der Waals surface area contributed by atoms with E-state index < -0.39 is 40.8 Å². The van der Waals surface area contributed by atoms with Gasteiger partial charge in [-0.3, -0.25) is 4.79 Å². The summed E-state index contributed by atoms with van der Waals surface area (Å²) in [6.45, 7) is 7.10. The van der Waals surface area contributed by atoms with Crippen LogP contribution in [-0.2, 0) is 17.5 Å². The Hall–Kier alpha value is -2.25. The molecular weight excluding hydrogens is 373 g/mol. The van der Waals surface area contributed by atoms with Crippen LogP contribution >= 0.6 is 0 Å². The van der Waals surface area contributed by atoms with Gasteiger partial charge < -0.3 is 15.4 Å². The number of hydrogen-bond acceptors (Lipinski definition) is 3. The first kappa shape index (κ1) is 20.5. The molecule has 1 unspecified atom stereocenters. The first-order chi connectivity index (χ1) is 12.8. The number of nitrogens with one attached hydrogen (secondary N) is 2. The van der Waals surface area contributed by atoms with Crippen molar-refractivity contribution >= 4 is 12.0 Å². The molecule has 8 heteroatoms. The van der Waals surface area contributed by atoms with Crippen molar-refractivity contribution in [3.8, 4) is 0 Å². The quantitative estimate of drug-likeness (QED) is 0.775. The summed E-state index contributed by atoms with van der Waals surface area (Å²) in [5.74, 6) is -0.543. The van der Waals surface area contributed by atoms with E-state index in [1.54, 1.807) is 20.8 Å². The molecule has 154 valence electrons. The molecule has 1 heterocycles. The van der Waals surface area contributed by atoms with Crippen LogP contribution in [0.4, 0.5) is 18.0 Å². The highest BCUT2D eigenvalue weighted by Crippen LogP contribution is 2.52. The minimum Gasteiger partial charge on any atom is -0.441 e. The average molecular weight is 398 g/mol. The van der Waals surface area contributed by atoms with Gasteiger partial charge in [0.2, 0.25) is 0 Å². The van der Waals surface area contributed by atoms with Crippen molar-refractivity contribution in [2.75, 3.05) is 0 Å². The van der Waals surface area contributed by atoms with Gasteiger partial charge in [-0.2, -0.15) is 13.2 Å². The van der Waals surface area contributed by atoms with E-state index in [9.17, 15) is 22.8 Å². The van der Waals surface area contributed by atoms with Crippen molar-refractivity contribution in [1.29, 1.82) is 0 Å². The first-order valence-corrected chi connectivity index (χ1v) is 9.31. The highest BCUT2D eigenvalue weighted by Gasteiger charge is 2.46. The molecule has 1 fully saturated rings. The van der Waals surface area contributed by atoms with E-state index in [4.69, 9.17) is 4.74 Å². The van der Waals surface area contributed by atoms with Crippen LogP contribution in [0.1, 0.15) is 80.1 Å². The summed E-state index contributed by atoms with van der Waals surface area (Å²) in [4.78, 5) is 24.4. The van der Waals surface area contributed by atoms with E-state index in [0.717, 1.165) is 25.3 Å². The van der Waals surface area contributed by atoms with Crippen molar-refractivity contribution in [3.63, 3.8) is 0 Å². The fourth-order valence-corrected chi connectivity index (χ4v) is 3.81. The smallest absolute Gasteiger partial charge is 0.416 e. The Morgan fingerprint density at radius 2 is 1.89 bits per heavy atom. The lowest BCUT2D eigenvalue weighted by Crippen LogP contribution is -2.44. The molecule has 1 aliphatic heterocycles. The Labute approximate surface area is 162 Å². The molecular formula is C20H25F3N2O3. The van der Waals surface area contributed by atoms with E-state index in [0.29, 0.717) is 0 Å². The Balaban J connectivity index is 2.04. The van der Waals surface area contributed by atoms with Gasteiger partial charge in [-0.25, -0.2) is 4.79 Å². The summed E-state index contributed by atoms with van der Waals surface area (Å²) in [5.41, 5.74) is -1.73. The zero-order valence-corrected chi connectivity index (χ0v) is 16.4. The van der Waals surface area contributed by atoms with Crippen LogP contribution in [-0.4, -0.2) is 17.5 Å². The third-order valence-corrected chi connectivity index (χ3v) is 5.38. The van der Waals surface area contributed by atoms with E-state index in [2.05, 4.69) is 10.6 Å². The molecule has 1 saturated carbocycles. The number of alkyl halides is 3. The van der Waals surface area contributed by atoms with Crippen LogP contribution in [0.3, 0.4) is 0 Å². The highest BCUT2D eigenvalue weighted by atomic mass is 19.4. The number of amides is 2. The van der Waals surface area contributed by atoms with Gasteiger partial charge in [0.1, 0.15) is 6.10 Å². The lowest BCUT2D eigenvalue weighted by atomic mass is 9.65. The third kappa shape index (κ3) is 3.95. The van der Waals surface area contributed by atoms with E-state index >= 15 is 0 Å². The predicted octanol–water partition coefficient (Wildman–Crippen LogP) is 4.70. The SMILES string of the molecule is CC(C)(C)NC(=O)OC(c1cc2c(c(C(F)(F)F)c1)CNC2=O)C1(C)CCC1. The highest BCUT2D eigenvalue weighted by molar-refractivity contribution is 5.99. The minimum atomic E-state index is -4.61. The summed E-state index contributed by atoms with van der Waals surface area (Å²) < 4.78 is 46.5. The second-order valence-electron chi connectivity index (χ2n) is 8.94. The largest absolute Gasteiger partial charge is 0.441 e. The maximum absolute atomic E-state index is 13.6. The van der Waals surface area contributed by atoms with Crippen LogP contribution in [0.5, 0.6) is 0 Å². The number of alkyl carbamates (subject to hydrolysis) is 1. The van der Waals surface area contributed by atoms with E-state index in [-0.39, 0.29) is 23.2 Å². The molecule has 2 aliphatic rings. The van der Waals surface area contributed by atoms with Crippen molar-refractivity contribution in [1.82, 2.24) is 10.6 Å². The van der Waals surface area contributed by atoms with Crippen molar-refractivity contribution in [3.05, 3.63) is 34.4 Å². The molecule has 1 aliphatic carbocycles. The van der Waals surface area contributed by atoms with Crippen molar-refractivity contribution in [2.45, 2.75) is 71.3 Å². The molecule has 0 aromatic heterocycles. The summed E-state index contributed by atoms with van der Waals surface area (Å²) >= 11 is 0. The van der Waals surface area contributed by atoms with Crippen LogP contribution in [0.2, 0.25) is 0 Å². The zero-order chi connectivity index (χ0) is 20.9. The van der Waals surface area contributed by atoms with Gasteiger partial charge in [0.15, 0.2) is 0 Å². The van der Waals surface area contributed by atoms with Gasteiger partial charge in [-0.15, -0.1) is 0 Å². The second-order valence-corrected chi connectivity index (χ2v) is 8.94. The summed E-state index contributed by atoms with van der Waals surface area (Å²) in [5, 5.41) is 5.13.